The van der Waals surface area contributed by atoms with E-state index in [9.17, 15) is 9.59 Å². The van der Waals surface area contributed by atoms with Gasteiger partial charge in [-0.3, -0.25) is 9.69 Å². The van der Waals surface area contributed by atoms with E-state index in [0.717, 1.165) is 12.0 Å². The van der Waals surface area contributed by atoms with Gasteiger partial charge >= 0.3 is 5.97 Å². The zero-order valence-electron chi connectivity index (χ0n) is 14.0. The van der Waals surface area contributed by atoms with Gasteiger partial charge in [0.15, 0.2) is 0 Å². The number of hydrogen-bond donors (Lipinski definition) is 0. The van der Waals surface area contributed by atoms with Crippen LogP contribution in [0.5, 0.6) is 0 Å². The van der Waals surface area contributed by atoms with Crippen LogP contribution in [0.15, 0.2) is 35.2 Å². The van der Waals surface area contributed by atoms with Crippen molar-refractivity contribution in [2.45, 2.75) is 33.2 Å². The molecule has 1 fully saturated rings. The first-order chi connectivity index (χ1) is 11.5. The van der Waals surface area contributed by atoms with Gasteiger partial charge in [-0.05, 0) is 24.0 Å². The molecule has 0 aliphatic carbocycles. The molecule has 128 valence electrons. The summed E-state index contributed by atoms with van der Waals surface area (Å²) in [6.45, 7) is 6.05. The highest BCUT2D eigenvalue weighted by atomic mass is 32.2. The van der Waals surface area contributed by atoms with Crippen molar-refractivity contribution in [1.82, 2.24) is 4.90 Å². The minimum atomic E-state index is -0.689. The lowest BCUT2D eigenvalue weighted by molar-refractivity contribution is -0.152. The predicted octanol–water partition coefficient (Wildman–Crippen LogP) is 3.87. The topological polar surface area (TPSA) is 46.6 Å². The maximum absolute atomic E-state index is 12.8. The maximum Gasteiger partial charge on any atom is 0.329 e. The summed E-state index contributed by atoms with van der Waals surface area (Å²) in [5.41, 5.74) is 0.924. The molecule has 4 nitrogen and oxygen atoms in total. The summed E-state index contributed by atoms with van der Waals surface area (Å²) >= 11 is 6.58. The fourth-order valence-electron chi connectivity index (χ4n) is 2.38. The number of carbonyl (C=O) groups excluding carboxylic acids is 2. The monoisotopic (exact) mass is 363 g/mol. The van der Waals surface area contributed by atoms with Crippen molar-refractivity contribution in [3.05, 3.63) is 40.8 Å². The number of ether oxygens (including phenoxy) is 1. The summed E-state index contributed by atoms with van der Waals surface area (Å²) < 4.78 is 5.65. The lowest BCUT2D eigenvalue weighted by Gasteiger charge is -2.28. The van der Waals surface area contributed by atoms with Crippen LogP contribution in [0.25, 0.3) is 6.08 Å². The number of hydrogen-bond acceptors (Lipinski definition) is 5. The standard InChI is InChI=1S/C18H21NO3S2/c1-4-10-22-17(21)15(12(2)3)19-16(20)14(24-18(19)23)11-13-8-6-5-7-9-13/h5-9,11-12,15H,4,10H2,1-3H3/b14-11+/t15-/m1/s1. The second-order valence-corrected chi connectivity index (χ2v) is 7.49. The van der Waals surface area contributed by atoms with E-state index < -0.39 is 12.0 Å². The van der Waals surface area contributed by atoms with Crippen LogP contribution in [0, 0.1) is 5.92 Å². The molecule has 1 aromatic rings. The summed E-state index contributed by atoms with van der Waals surface area (Å²) in [6.07, 6.45) is 2.54. The SMILES string of the molecule is CCCOC(=O)[C@@H](C(C)C)N1C(=O)/C(=C\c2ccccc2)SC1=S. The quantitative estimate of drug-likeness (QED) is 0.436. The molecule has 1 aliphatic heterocycles. The molecule has 1 aromatic carbocycles. The highest BCUT2D eigenvalue weighted by Crippen LogP contribution is 2.35. The van der Waals surface area contributed by atoms with Gasteiger partial charge in [0.25, 0.3) is 5.91 Å². The molecular formula is C18H21NO3S2. The number of thioether (sulfide) groups is 1. The van der Waals surface area contributed by atoms with Crippen LogP contribution in [0.2, 0.25) is 0 Å². The van der Waals surface area contributed by atoms with E-state index in [1.165, 1.54) is 16.7 Å². The third kappa shape index (κ3) is 4.24. The van der Waals surface area contributed by atoms with Crippen LogP contribution >= 0.6 is 24.0 Å². The number of rotatable bonds is 6. The Bertz CT molecular complexity index is 655. The highest BCUT2D eigenvalue weighted by molar-refractivity contribution is 8.26. The average molecular weight is 364 g/mol. The second kappa shape index (κ2) is 8.44. The summed E-state index contributed by atoms with van der Waals surface area (Å²) in [5.74, 6) is -0.724. The molecule has 1 saturated heterocycles. The number of benzene rings is 1. The van der Waals surface area contributed by atoms with Gasteiger partial charge in [0, 0.05) is 0 Å². The smallest absolute Gasteiger partial charge is 0.329 e. The van der Waals surface area contributed by atoms with Crippen molar-refractivity contribution in [2.24, 2.45) is 5.92 Å². The first-order valence-corrected chi connectivity index (χ1v) is 9.17. The van der Waals surface area contributed by atoms with Gasteiger partial charge in [0.05, 0.1) is 11.5 Å². The van der Waals surface area contributed by atoms with E-state index in [1.807, 2.05) is 51.1 Å². The third-order valence-electron chi connectivity index (χ3n) is 3.52. The van der Waals surface area contributed by atoms with Crippen molar-refractivity contribution in [3.8, 4) is 0 Å². The Morgan fingerprint density at radius 3 is 2.58 bits per heavy atom. The molecule has 0 N–H and O–H groups in total. The number of esters is 1. The minimum Gasteiger partial charge on any atom is -0.464 e. The number of carbonyl (C=O) groups is 2. The van der Waals surface area contributed by atoms with Crippen molar-refractivity contribution >= 4 is 46.3 Å². The molecule has 0 saturated carbocycles. The van der Waals surface area contributed by atoms with Gasteiger partial charge < -0.3 is 4.74 Å². The average Bonchev–Trinajstić information content (AvgIpc) is 2.81. The normalized spacial score (nSPS) is 17.7. The first kappa shape index (κ1) is 18.7. The van der Waals surface area contributed by atoms with Crippen molar-refractivity contribution in [3.63, 3.8) is 0 Å². The molecule has 24 heavy (non-hydrogen) atoms. The van der Waals surface area contributed by atoms with Crippen LogP contribution < -0.4 is 0 Å². The molecule has 1 heterocycles. The van der Waals surface area contributed by atoms with E-state index in [2.05, 4.69) is 0 Å². The van der Waals surface area contributed by atoms with Gasteiger partial charge in [-0.25, -0.2) is 4.79 Å². The Morgan fingerprint density at radius 2 is 2.00 bits per heavy atom. The van der Waals surface area contributed by atoms with Gasteiger partial charge in [-0.1, -0.05) is 75.1 Å². The zero-order chi connectivity index (χ0) is 17.7. The van der Waals surface area contributed by atoms with Gasteiger partial charge in [0.1, 0.15) is 10.4 Å². The van der Waals surface area contributed by atoms with Gasteiger partial charge in [-0.2, -0.15) is 0 Å². The Morgan fingerprint density at radius 1 is 1.33 bits per heavy atom. The largest absolute Gasteiger partial charge is 0.464 e. The van der Waals surface area contributed by atoms with E-state index in [1.54, 1.807) is 6.08 Å². The number of nitrogens with zero attached hydrogens (tertiary/aromatic N) is 1. The highest BCUT2D eigenvalue weighted by Gasteiger charge is 2.42. The number of amides is 1. The Hall–Kier alpha value is -1.66. The lowest BCUT2D eigenvalue weighted by atomic mass is 10.0. The molecule has 0 bridgehead atoms. The predicted molar refractivity (Wildman–Crippen MR) is 101 cm³/mol. The molecule has 2 rings (SSSR count). The summed E-state index contributed by atoms with van der Waals surface area (Å²) in [6, 6.07) is 8.88. The molecular weight excluding hydrogens is 342 g/mol. The van der Waals surface area contributed by atoms with Crippen LogP contribution in [0.3, 0.4) is 0 Å². The lowest BCUT2D eigenvalue weighted by Crippen LogP contribution is -2.47. The summed E-state index contributed by atoms with van der Waals surface area (Å²) in [4.78, 5) is 27.1. The Labute approximate surface area is 152 Å². The molecule has 6 heteroatoms. The van der Waals surface area contributed by atoms with Crippen LogP contribution in [-0.4, -0.2) is 33.7 Å². The van der Waals surface area contributed by atoms with Crippen LogP contribution in [0.4, 0.5) is 0 Å². The molecule has 0 spiro atoms. The van der Waals surface area contributed by atoms with Crippen LogP contribution in [0.1, 0.15) is 32.8 Å². The van der Waals surface area contributed by atoms with Gasteiger partial charge in [0.2, 0.25) is 0 Å². The third-order valence-corrected chi connectivity index (χ3v) is 4.85. The zero-order valence-corrected chi connectivity index (χ0v) is 15.7. The molecule has 1 aliphatic rings. The van der Waals surface area contributed by atoms with Crippen LogP contribution in [-0.2, 0) is 14.3 Å². The van der Waals surface area contributed by atoms with Gasteiger partial charge in [-0.15, -0.1) is 0 Å². The van der Waals surface area contributed by atoms with Crippen molar-refractivity contribution in [2.75, 3.05) is 6.61 Å². The number of thiocarbonyl (C=S) groups is 1. The van der Waals surface area contributed by atoms with E-state index in [0.29, 0.717) is 15.8 Å². The van der Waals surface area contributed by atoms with E-state index >= 15 is 0 Å². The van der Waals surface area contributed by atoms with Crippen molar-refractivity contribution in [1.29, 1.82) is 0 Å². The Balaban J connectivity index is 2.26. The van der Waals surface area contributed by atoms with E-state index in [-0.39, 0.29) is 11.8 Å². The molecule has 0 aromatic heterocycles. The minimum absolute atomic E-state index is 0.0899. The first-order valence-electron chi connectivity index (χ1n) is 7.94. The molecule has 1 amide bonds. The fourth-order valence-corrected chi connectivity index (χ4v) is 3.71. The summed E-state index contributed by atoms with van der Waals surface area (Å²) in [7, 11) is 0. The maximum atomic E-state index is 12.8. The van der Waals surface area contributed by atoms with E-state index in [4.69, 9.17) is 17.0 Å². The molecule has 1 atom stereocenters. The molecule has 0 radical (unpaired) electrons. The Kier molecular flexibility index (Phi) is 6.57. The second-order valence-electron chi connectivity index (χ2n) is 5.82. The fraction of sp³-hybridized carbons (Fsp3) is 0.389. The summed E-state index contributed by atoms with van der Waals surface area (Å²) in [5, 5.41) is 0. The molecule has 0 unspecified atom stereocenters. The van der Waals surface area contributed by atoms with Crippen molar-refractivity contribution < 1.29 is 14.3 Å².